The molecule has 2 heterocycles. The summed E-state index contributed by atoms with van der Waals surface area (Å²) in [6, 6.07) is 10.2. The quantitative estimate of drug-likeness (QED) is 0.488. The van der Waals surface area contributed by atoms with Crippen molar-refractivity contribution >= 4 is 28.7 Å². The minimum Gasteiger partial charge on any atom is -0.497 e. The van der Waals surface area contributed by atoms with Gasteiger partial charge in [0.1, 0.15) is 5.75 Å². The zero-order valence-corrected chi connectivity index (χ0v) is 15.3. The largest absolute Gasteiger partial charge is 0.497 e. The van der Waals surface area contributed by atoms with Gasteiger partial charge >= 0.3 is 12.0 Å². The van der Waals surface area contributed by atoms with Crippen molar-refractivity contribution in [1.29, 1.82) is 0 Å². The molecule has 9 heteroatoms. The number of carbonyl (C=O) groups is 3. The number of ether oxygens (including phenoxy) is 1. The number of nitrogens with one attached hydrogen (secondary N) is 2. The van der Waals surface area contributed by atoms with Crippen LogP contribution in [0.3, 0.4) is 0 Å². The van der Waals surface area contributed by atoms with Gasteiger partial charge in [-0.15, -0.1) is 0 Å². The molecule has 0 radical (unpaired) electrons. The number of methoxy groups -OCH3 is 1. The Bertz CT molecular complexity index is 1150. The van der Waals surface area contributed by atoms with Crippen LogP contribution in [-0.4, -0.2) is 39.8 Å². The molecule has 4 N–H and O–H groups in total. The minimum atomic E-state index is -1.51. The first-order valence-electron chi connectivity index (χ1n) is 8.67. The van der Waals surface area contributed by atoms with Crippen molar-refractivity contribution in [3.05, 3.63) is 59.8 Å². The number of carboxylic acids is 1. The van der Waals surface area contributed by atoms with Gasteiger partial charge in [-0.1, -0.05) is 12.1 Å². The molecule has 1 aliphatic rings. The molecule has 1 fully saturated rings. The van der Waals surface area contributed by atoms with Crippen LogP contribution < -0.4 is 15.4 Å². The average molecular weight is 395 g/mol. The fraction of sp³-hybridized carbons (Fsp3) is 0.150. The molecule has 0 bridgehead atoms. The van der Waals surface area contributed by atoms with Gasteiger partial charge < -0.3 is 24.8 Å². The van der Waals surface area contributed by atoms with Gasteiger partial charge in [0.2, 0.25) is 0 Å². The van der Waals surface area contributed by atoms with E-state index in [0.717, 1.165) is 5.39 Å². The lowest BCUT2D eigenvalue weighted by molar-refractivity contribution is -0.124. The number of hydrogen-bond acceptors (Lipinski definition) is 5. The number of benzene rings is 2. The second-order valence-electron chi connectivity index (χ2n) is 6.73. The summed E-state index contributed by atoms with van der Waals surface area (Å²) in [5.74, 6) is -1.22. The van der Waals surface area contributed by atoms with Gasteiger partial charge in [-0.25, -0.2) is 9.59 Å². The number of nitrogens with zero attached hydrogens (tertiary/aromatic N) is 1. The first-order chi connectivity index (χ1) is 13.8. The van der Waals surface area contributed by atoms with Gasteiger partial charge in [-0.2, -0.15) is 0 Å². The van der Waals surface area contributed by atoms with Crippen LogP contribution in [0.1, 0.15) is 15.9 Å². The standard InChI is InChI=1S/C20H17N3O6/c1-29-14-7-4-12-9-23(16(24)15(12)8-14)10-20(18(27)21-19(28)22-20)13-5-2-11(3-6-13)17(25)26/h2-9,24H,10H2,1H3,(H,25,26)(H2,21,22,27,28). The molecule has 1 unspecified atom stereocenters. The topological polar surface area (TPSA) is 130 Å². The SMILES string of the molecule is COc1ccc2cn(CC3(c4ccc(C(=O)O)cc4)NC(=O)NC3=O)c(O)c2c1. The highest BCUT2D eigenvalue weighted by Gasteiger charge is 2.48. The van der Waals surface area contributed by atoms with Gasteiger partial charge in [0.15, 0.2) is 11.4 Å². The third-order valence-electron chi connectivity index (χ3n) is 5.04. The van der Waals surface area contributed by atoms with E-state index in [4.69, 9.17) is 9.84 Å². The van der Waals surface area contributed by atoms with E-state index in [9.17, 15) is 19.5 Å². The number of imide groups is 1. The third-order valence-corrected chi connectivity index (χ3v) is 5.04. The van der Waals surface area contributed by atoms with E-state index in [1.807, 2.05) is 0 Å². The zero-order chi connectivity index (χ0) is 20.8. The molecule has 1 saturated heterocycles. The Labute approximate surface area is 164 Å². The highest BCUT2D eigenvalue weighted by atomic mass is 16.5. The lowest BCUT2D eigenvalue weighted by atomic mass is 9.89. The number of aromatic carboxylic acids is 1. The van der Waals surface area contributed by atoms with E-state index in [1.54, 1.807) is 24.4 Å². The Kier molecular flexibility index (Phi) is 4.15. The second kappa shape index (κ2) is 6.55. The van der Waals surface area contributed by atoms with Crippen LogP contribution in [0.2, 0.25) is 0 Å². The molecule has 148 valence electrons. The van der Waals surface area contributed by atoms with E-state index in [0.29, 0.717) is 16.7 Å². The highest BCUT2D eigenvalue weighted by Crippen LogP contribution is 2.34. The molecule has 9 nitrogen and oxygen atoms in total. The third kappa shape index (κ3) is 2.92. The normalized spacial score (nSPS) is 18.5. The Morgan fingerprint density at radius 2 is 1.90 bits per heavy atom. The average Bonchev–Trinajstić information content (AvgIpc) is 3.17. The van der Waals surface area contributed by atoms with Crippen LogP contribution >= 0.6 is 0 Å². The first-order valence-corrected chi connectivity index (χ1v) is 8.67. The lowest BCUT2D eigenvalue weighted by Crippen LogP contribution is -2.47. The Morgan fingerprint density at radius 1 is 1.17 bits per heavy atom. The summed E-state index contributed by atoms with van der Waals surface area (Å²) >= 11 is 0. The molecule has 4 rings (SSSR count). The Balaban J connectivity index is 1.80. The van der Waals surface area contributed by atoms with Crippen LogP contribution in [0.25, 0.3) is 10.8 Å². The van der Waals surface area contributed by atoms with E-state index < -0.39 is 23.4 Å². The van der Waals surface area contributed by atoms with Crippen molar-refractivity contribution in [1.82, 2.24) is 15.2 Å². The van der Waals surface area contributed by atoms with E-state index in [1.165, 1.54) is 35.9 Å². The Morgan fingerprint density at radius 3 is 2.48 bits per heavy atom. The van der Waals surface area contributed by atoms with Gasteiger partial charge in [0.05, 0.1) is 19.2 Å². The number of urea groups is 1. The number of fused-ring (bicyclic) bond motifs is 1. The summed E-state index contributed by atoms with van der Waals surface area (Å²) < 4.78 is 6.64. The van der Waals surface area contributed by atoms with Crippen molar-refractivity contribution in [2.24, 2.45) is 0 Å². The summed E-state index contributed by atoms with van der Waals surface area (Å²) in [6.07, 6.45) is 1.66. The first kappa shape index (κ1) is 18.4. The number of amides is 3. The molecule has 3 amide bonds. The molecule has 3 aromatic rings. The Hall–Kier alpha value is -4.01. The second-order valence-corrected chi connectivity index (χ2v) is 6.73. The number of hydrogen-bond donors (Lipinski definition) is 4. The molecule has 0 spiro atoms. The number of carboxylic acid groups (broad SMARTS) is 1. The van der Waals surface area contributed by atoms with Crippen LogP contribution in [0.4, 0.5) is 4.79 Å². The van der Waals surface area contributed by atoms with Crippen molar-refractivity contribution in [3.63, 3.8) is 0 Å². The molecule has 1 aromatic heterocycles. The summed E-state index contributed by atoms with van der Waals surface area (Å²) in [4.78, 5) is 35.8. The van der Waals surface area contributed by atoms with Crippen LogP contribution in [0.5, 0.6) is 11.6 Å². The van der Waals surface area contributed by atoms with Gasteiger partial charge in [0.25, 0.3) is 5.91 Å². The van der Waals surface area contributed by atoms with Gasteiger partial charge in [-0.05, 0) is 35.9 Å². The minimum absolute atomic E-state index is 0.0512. The fourth-order valence-electron chi connectivity index (χ4n) is 3.52. The molecule has 1 aliphatic heterocycles. The summed E-state index contributed by atoms with van der Waals surface area (Å²) in [5.41, 5.74) is -1.07. The van der Waals surface area contributed by atoms with Crippen molar-refractivity contribution in [3.8, 4) is 11.6 Å². The van der Waals surface area contributed by atoms with Crippen molar-refractivity contribution < 1.29 is 29.3 Å². The monoisotopic (exact) mass is 395 g/mol. The van der Waals surface area contributed by atoms with Crippen molar-refractivity contribution in [2.45, 2.75) is 12.1 Å². The lowest BCUT2D eigenvalue weighted by Gasteiger charge is -2.27. The van der Waals surface area contributed by atoms with Crippen LogP contribution in [-0.2, 0) is 16.9 Å². The molecule has 0 aliphatic carbocycles. The highest BCUT2D eigenvalue weighted by molar-refractivity contribution is 6.07. The number of carbonyl (C=O) groups excluding carboxylic acids is 2. The van der Waals surface area contributed by atoms with E-state index in [-0.39, 0.29) is 18.0 Å². The smallest absolute Gasteiger partial charge is 0.335 e. The maximum absolute atomic E-state index is 12.7. The van der Waals surface area contributed by atoms with Crippen LogP contribution in [0.15, 0.2) is 48.7 Å². The molecule has 1 atom stereocenters. The maximum atomic E-state index is 12.7. The number of aromatic hydroxyl groups is 1. The number of aromatic nitrogens is 1. The van der Waals surface area contributed by atoms with Gasteiger partial charge in [0, 0.05) is 17.0 Å². The predicted molar refractivity (Wildman–Crippen MR) is 102 cm³/mol. The summed E-state index contributed by atoms with van der Waals surface area (Å²) in [7, 11) is 1.52. The van der Waals surface area contributed by atoms with Crippen LogP contribution in [0, 0.1) is 0 Å². The summed E-state index contributed by atoms with van der Waals surface area (Å²) in [6.45, 7) is -0.0974. The summed E-state index contributed by atoms with van der Waals surface area (Å²) in [5, 5.41) is 25.9. The molecular formula is C20H17N3O6. The molecule has 2 aromatic carbocycles. The maximum Gasteiger partial charge on any atom is 0.335 e. The predicted octanol–water partition coefficient (Wildman–Crippen LogP) is 1.79. The van der Waals surface area contributed by atoms with E-state index >= 15 is 0 Å². The van der Waals surface area contributed by atoms with Crippen molar-refractivity contribution in [2.75, 3.05) is 7.11 Å². The molecule has 0 saturated carbocycles. The van der Waals surface area contributed by atoms with Gasteiger partial charge in [-0.3, -0.25) is 10.1 Å². The molecular weight excluding hydrogens is 378 g/mol. The number of rotatable bonds is 5. The molecule has 29 heavy (non-hydrogen) atoms. The fourth-order valence-corrected chi connectivity index (χ4v) is 3.52. The van der Waals surface area contributed by atoms with E-state index in [2.05, 4.69) is 10.6 Å². The zero-order valence-electron chi connectivity index (χ0n) is 15.3.